The van der Waals surface area contributed by atoms with E-state index in [1.165, 1.54) is 0 Å². The van der Waals surface area contributed by atoms with Crippen LogP contribution < -0.4 is 4.74 Å². The molecular weight excluding hydrogens is 334 g/mol. The molecule has 0 aliphatic carbocycles. The lowest BCUT2D eigenvalue weighted by Crippen LogP contribution is -2.02. The Kier molecular flexibility index (Phi) is 4.52. The smallest absolute Gasteiger partial charge is 0.141 e. The number of para-hydroxylation sites is 2. The van der Waals surface area contributed by atoms with Gasteiger partial charge < -0.3 is 9.30 Å². The number of nitrogens with zero attached hydrogens (tertiary/aromatic N) is 2. The number of benzene rings is 3. The van der Waals surface area contributed by atoms with E-state index in [2.05, 4.69) is 0 Å². The molecule has 3 aromatic carbocycles. The van der Waals surface area contributed by atoms with Gasteiger partial charge in [0.05, 0.1) is 17.6 Å². The third-order valence-corrected chi connectivity index (χ3v) is 4.38. The number of alkyl halides is 2. The summed E-state index contributed by atoms with van der Waals surface area (Å²) in [5, 5.41) is 2.02. The molecule has 26 heavy (non-hydrogen) atoms. The highest BCUT2D eigenvalue weighted by Crippen LogP contribution is 2.29. The van der Waals surface area contributed by atoms with Gasteiger partial charge in [0.25, 0.3) is 0 Å². The maximum absolute atomic E-state index is 13.1. The van der Waals surface area contributed by atoms with E-state index in [0.717, 1.165) is 33.2 Å². The Hall–Kier alpha value is -2.95. The van der Waals surface area contributed by atoms with Gasteiger partial charge in [-0.3, -0.25) is 0 Å². The average Bonchev–Trinajstić information content (AvgIpc) is 3.05. The molecule has 0 amide bonds. The van der Waals surface area contributed by atoms with Gasteiger partial charge in [-0.2, -0.15) is 0 Å². The van der Waals surface area contributed by atoms with Crippen molar-refractivity contribution >= 4 is 21.8 Å². The summed E-state index contributed by atoms with van der Waals surface area (Å²) in [5.41, 5.74) is 2.71. The molecule has 4 rings (SSSR count). The van der Waals surface area contributed by atoms with Crippen LogP contribution in [0.3, 0.4) is 0 Å². The molecule has 0 aliphatic heterocycles. The largest absolute Gasteiger partial charge is 0.491 e. The topological polar surface area (TPSA) is 27.1 Å². The lowest BCUT2D eigenvalue weighted by Gasteiger charge is -2.09. The SMILES string of the molecule is FCCOc1ccc2cc(-c3nc4ccccc4n3CCF)ccc2c1. The van der Waals surface area contributed by atoms with Crippen molar-refractivity contribution in [3.8, 4) is 17.1 Å². The first-order valence-electron chi connectivity index (χ1n) is 8.54. The zero-order valence-electron chi connectivity index (χ0n) is 14.2. The first-order valence-corrected chi connectivity index (χ1v) is 8.54. The number of fused-ring (bicyclic) bond motifs is 2. The van der Waals surface area contributed by atoms with Crippen LogP contribution in [0.25, 0.3) is 33.2 Å². The van der Waals surface area contributed by atoms with Gasteiger partial charge in [-0.1, -0.05) is 30.3 Å². The number of imidazole rings is 1. The lowest BCUT2D eigenvalue weighted by atomic mass is 10.1. The number of ether oxygens (including phenoxy) is 1. The predicted molar refractivity (Wildman–Crippen MR) is 100 cm³/mol. The molecule has 0 unspecified atom stereocenters. The molecule has 0 aliphatic rings. The molecule has 0 spiro atoms. The Bertz CT molecular complexity index is 1060. The Morgan fingerprint density at radius 1 is 0.885 bits per heavy atom. The van der Waals surface area contributed by atoms with Gasteiger partial charge in [0, 0.05) is 5.56 Å². The van der Waals surface area contributed by atoms with Crippen LogP contribution in [0.5, 0.6) is 5.75 Å². The van der Waals surface area contributed by atoms with Gasteiger partial charge in [0.2, 0.25) is 0 Å². The molecule has 0 fully saturated rings. The quantitative estimate of drug-likeness (QED) is 0.478. The van der Waals surface area contributed by atoms with Crippen molar-refractivity contribution in [2.24, 2.45) is 0 Å². The summed E-state index contributed by atoms with van der Waals surface area (Å²) in [7, 11) is 0. The van der Waals surface area contributed by atoms with Crippen LogP contribution in [0.4, 0.5) is 8.78 Å². The van der Waals surface area contributed by atoms with Crippen molar-refractivity contribution in [3.63, 3.8) is 0 Å². The van der Waals surface area contributed by atoms with Gasteiger partial charge in [-0.25, -0.2) is 13.8 Å². The van der Waals surface area contributed by atoms with Crippen molar-refractivity contribution in [2.75, 3.05) is 20.0 Å². The minimum atomic E-state index is -0.512. The molecule has 0 radical (unpaired) electrons. The van der Waals surface area contributed by atoms with Crippen molar-refractivity contribution in [3.05, 3.63) is 60.7 Å². The Balaban J connectivity index is 1.79. The lowest BCUT2D eigenvalue weighted by molar-refractivity contribution is 0.273. The number of rotatable bonds is 6. The van der Waals surface area contributed by atoms with Crippen LogP contribution >= 0.6 is 0 Å². The molecule has 0 saturated heterocycles. The molecule has 3 nitrogen and oxygen atoms in total. The maximum Gasteiger partial charge on any atom is 0.141 e. The van der Waals surface area contributed by atoms with E-state index in [9.17, 15) is 8.78 Å². The van der Waals surface area contributed by atoms with Crippen LogP contribution in [0.2, 0.25) is 0 Å². The maximum atomic E-state index is 13.1. The Morgan fingerprint density at radius 2 is 1.69 bits per heavy atom. The molecule has 0 atom stereocenters. The molecule has 0 saturated carbocycles. The third kappa shape index (κ3) is 3.01. The van der Waals surface area contributed by atoms with Crippen LogP contribution in [-0.2, 0) is 6.54 Å². The monoisotopic (exact) mass is 352 g/mol. The molecule has 132 valence electrons. The zero-order valence-corrected chi connectivity index (χ0v) is 14.2. The number of hydrogen-bond donors (Lipinski definition) is 0. The summed E-state index contributed by atoms with van der Waals surface area (Å²) in [5.74, 6) is 1.40. The van der Waals surface area contributed by atoms with E-state index in [0.29, 0.717) is 5.75 Å². The van der Waals surface area contributed by atoms with Crippen LogP contribution in [0.1, 0.15) is 0 Å². The van der Waals surface area contributed by atoms with Crippen LogP contribution in [-0.4, -0.2) is 29.5 Å². The van der Waals surface area contributed by atoms with Gasteiger partial charge >= 0.3 is 0 Å². The van der Waals surface area contributed by atoms with Crippen molar-refractivity contribution in [1.82, 2.24) is 9.55 Å². The van der Waals surface area contributed by atoms with Gasteiger partial charge in [-0.05, 0) is 41.1 Å². The number of hydrogen-bond acceptors (Lipinski definition) is 2. The number of aromatic nitrogens is 2. The minimum absolute atomic E-state index is 0.0524. The molecule has 5 heteroatoms. The highest BCUT2D eigenvalue weighted by Gasteiger charge is 2.12. The Morgan fingerprint density at radius 3 is 2.54 bits per heavy atom. The highest BCUT2D eigenvalue weighted by molar-refractivity contribution is 5.89. The van der Waals surface area contributed by atoms with Gasteiger partial charge in [0.1, 0.15) is 31.5 Å². The summed E-state index contributed by atoms with van der Waals surface area (Å²) in [6.45, 7) is -0.640. The fraction of sp³-hybridized carbons (Fsp3) is 0.190. The minimum Gasteiger partial charge on any atom is -0.491 e. The highest BCUT2D eigenvalue weighted by atomic mass is 19.1. The van der Waals surface area contributed by atoms with Gasteiger partial charge in [-0.15, -0.1) is 0 Å². The number of aryl methyl sites for hydroxylation is 1. The molecule has 0 bridgehead atoms. The summed E-state index contributed by atoms with van der Waals surface area (Å²) in [6, 6.07) is 19.4. The van der Waals surface area contributed by atoms with E-state index in [-0.39, 0.29) is 13.2 Å². The Labute approximate surface area is 149 Å². The van der Waals surface area contributed by atoms with Crippen molar-refractivity contribution in [2.45, 2.75) is 6.54 Å². The first-order chi connectivity index (χ1) is 12.8. The van der Waals surface area contributed by atoms with E-state index in [4.69, 9.17) is 9.72 Å². The molecule has 1 aromatic heterocycles. The summed E-state index contributed by atoms with van der Waals surface area (Å²) in [4.78, 5) is 4.70. The van der Waals surface area contributed by atoms with Crippen LogP contribution in [0.15, 0.2) is 60.7 Å². The zero-order chi connectivity index (χ0) is 17.9. The predicted octanol–water partition coefficient (Wildman–Crippen LogP) is 5.17. The normalized spacial score (nSPS) is 11.3. The third-order valence-electron chi connectivity index (χ3n) is 4.38. The van der Waals surface area contributed by atoms with Crippen LogP contribution in [0, 0.1) is 0 Å². The van der Waals surface area contributed by atoms with E-state index in [1.807, 2.05) is 65.2 Å². The summed E-state index contributed by atoms with van der Waals surface area (Å²) in [6.07, 6.45) is 0. The van der Waals surface area contributed by atoms with Gasteiger partial charge in [0.15, 0.2) is 0 Å². The molecular formula is C21H18F2N2O. The fourth-order valence-electron chi connectivity index (χ4n) is 3.22. The standard InChI is InChI=1S/C21H18F2N2O/c22-9-11-25-20-4-2-1-3-19(20)24-21(25)17-6-5-16-14-18(26-12-10-23)8-7-15(16)13-17/h1-8,13-14H,9-12H2. The summed E-state index contributed by atoms with van der Waals surface area (Å²) >= 11 is 0. The fourth-order valence-corrected chi connectivity index (χ4v) is 3.22. The van der Waals surface area contributed by atoms with Crippen molar-refractivity contribution in [1.29, 1.82) is 0 Å². The first kappa shape index (κ1) is 16.5. The number of halogens is 2. The summed E-state index contributed by atoms with van der Waals surface area (Å²) < 4.78 is 32.6. The average molecular weight is 352 g/mol. The molecule has 0 N–H and O–H groups in total. The second-order valence-electron chi connectivity index (χ2n) is 6.03. The molecule has 1 heterocycles. The second kappa shape index (κ2) is 7.12. The van der Waals surface area contributed by atoms with E-state index >= 15 is 0 Å². The van der Waals surface area contributed by atoms with E-state index < -0.39 is 13.3 Å². The second-order valence-corrected chi connectivity index (χ2v) is 6.03. The van der Waals surface area contributed by atoms with E-state index in [1.54, 1.807) is 0 Å². The molecule has 4 aromatic rings. The van der Waals surface area contributed by atoms with Crippen molar-refractivity contribution < 1.29 is 13.5 Å².